The molecule has 0 aliphatic heterocycles. The fraction of sp³-hybridized carbons (Fsp3) is 0.750. The molecule has 0 N–H and O–H groups in total. The first-order valence-electron chi connectivity index (χ1n) is 6.55. The molecule has 0 unspecified atom stereocenters. The van der Waals surface area contributed by atoms with Crippen LogP contribution in [0.5, 0.6) is 0 Å². The summed E-state index contributed by atoms with van der Waals surface area (Å²) in [5.41, 5.74) is 0.379. The highest BCUT2D eigenvalue weighted by Crippen LogP contribution is 2.13. The minimum Gasteiger partial charge on any atom is -0.546 e. The number of methoxy groups -OCH3 is 2. The molecular weight excluding hydrogens is 296 g/mol. The molecule has 6 nitrogen and oxygen atoms in total. The molecule has 0 bridgehead atoms. The Morgan fingerprint density at radius 3 is 1.95 bits per heavy atom. The van der Waals surface area contributed by atoms with E-state index in [0.29, 0.717) is 31.8 Å². The molecule has 0 aliphatic rings. The van der Waals surface area contributed by atoms with E-state index in [9.17, 15) is 0 Å². The van der Waals surface area contributed by atoms with E-state index >= 15 is 0 Å². The first kappa shape index (κ1) is 19.3. The Hall–Kier alpha value is -0.676. The fourth-order valence-electron chi connectivity index (χ4n) is 1.58. The van der Waals surface area contributed by atoms with Crippen LogP contribution in [0.2, 0.25) is 0 Å². The Labute approximate surface area is 124 Å². The zero-order valence-electron chi connectivity index (χ0n) is 13.1. The van der Waals surface area contributed by atoms with Crippen molar-refractivity contribution >= 4 is 22.0 Å². The lowest BCUT2D eigenvalue weighted by atomic mass is 10.5. The SMILES string of the molecule is C=CCCO[Si](OCC)(OCC)[Si](OC)=C(OC)OC. The van der Waals surface area contributed by atoms with Crippen LogP contribution in [0.4, 0.5) is 0 Å². The third-order valence-electron chi connectivity index (χ3n) is 2.32. The van der Waals surface area contributed by atoms with Crippen LogP contribution < -0.4 is 0 Å². The summed E-state index contributed by atoms with van der Waals surface area (Å²) in [5, 5.41) is 0. The number of rotatable bonds is 12. The van der Waals surface area contributed by atoms with Crippen LogP contribution in [-0.4, -0.2) is 63.2 Å². The standard InChI is InChI=1S/C12H26O6Si2/c1-7-10-11-18-20(16-8-2,17-9-3)19(15-6)12(13-4)14-5/h7H,1,8-11H2,2-6H3. The average molecular weight is 323 g/mol. The molecule has 0 heterocycles. The predicted octanol–water partition coefficient (Wildman–Crippen LogP) is 1.27. The van der Waals surface area contributed by atoms with E-state index in [-0.39, 0.29) is 0 Å². The molecule has 20 heavy (non-hydrogen) atoms. The smallest absolute Gasteiger partial charge is 0.546 e. The molecule has 0 radical (unpaired) electrons. The van der Waals surface area contributed by atoms with Gasteiger partial charge >= 0.3 is 16.5 Å². The molecule has 0 rings (SSSR count). The summed E-state index contributed by atoms with van der Waals surface area (Å²) < 4.78 is 33.7. The lowest BCUT2D eigenvalue weighted by Crippen LogP contribution is -2.59. The van der Waals surface area contributed by atoms with Gasteiger partial charge in [0.1, 0.15) is 0 Å². The largest absolute Gasteiger partial charge is 0.548 e. The fourth-order valence-corrected chi connectivity index (χ4v) is 8.87. The van der Waals surface area contributed by atoms with Crippen molar-refractivity contribution in [3.05, 3.63) is 12.7 Å². The van der Waals surface area contributed by atoms with Gasteiger partial charge in [-0.1, -0.05) is 6.08 Å². The first-order valence-corrected chi connectivity index (χ1v) is 10.7. The minimum absolute atomic E-state index is 0.379. The Kier molecular flexibility index (Phi) is 10.7. The van der Waals surface area contributed by atoms with Crippen molar-refractivity contribution in [3.8, 4) is 0 Å². The summed E-state index contributed by atoms with van der Waals surface area (Å²) in [6, 6.07) is 0. The maximum atomic E-state index is 5.95. The van der Waals surface area contributed by atoms with Crippen molar-refractivity contribution in [2.75, 3.05) is 41.2 Å². The van der Waals surface area contributed by atoms with Crippen molar-refractivity contribution < 1.29 is 27.2 Å². The van der Waals surface area contributed by atoms with Crippen LogP contribution in [0, 0.1) is 0 Å². The number of ether oxygens (including phenoxy) is 2. The van der Waals surface area contributed by atoms with Gasteiger partial charge in [-0.15, -0.1) is 6.58 Å². The molecule has 118 valence electrons. The zero-order chi connectivity index (χ0) is 15.4. The van der Waals surface area contributed by atoms with Crippen LogP contribution in [0.1, 0.15) is 20.3 Å². The van der Waals surface area contributed by atoms with E-state index in [1.54, 1.807) is 13.2 Å². The Morgan fingerprint density at radius 1 is 1.05 bits per heavy atom. The van der Waals surface area contributed by atoms with Gasteiger partial charge in [0.2, 0.25) is 0 Å². The highest BCUT2D eigenvalue weighted by Gasteiger charge is 2.53. The highest BCUT2D eigenvalue weighted by atomic mass is 29.3. The third-order valence-corrected chi connectivity index (χ3v) is 10.2. The molecule has 0 atom stereocenters. The normalized spacial score (nSPS) is 10.8. The first-order chi connectivity index (χ1) is 9.65. The van der Waals surface area contributed by atoms with Gasteiger partial charge in [-0.3, -0.25) is 0 Å². The van der Waals surface area contributed by atoms with Gasteiger partial charge in [0.15, 0.2) is 0 Å². The Morgan fingerprint density at radius 2 is 1.60 bits per heavy atom. The topological polar surface area (TPSA) is 55.4 Å². The van der Waals surface area contributed by atoms with Crippen molar-refractivity contribution in [1.29, 1.82) is 0 Å². The average Bonchev–Trinajstić information content (AvgIpc) is 2.45. The molecule has 8 heteroatoms. The minimum atomic E-state index is -3.02. The zero-order valence-corrected chi connectivity index (χ0v) is 15.1. The van der Waals surface area contributed by atoms with Crippen molar-refractivity contribution in [2.45, 2.75) is 20.3 Å². The molecule has 0 fully saturated rings. The van der Waals surface area contributed by atoms with Crippen LogP contribution in [0.3, 0.4) is 0 Å². The monoisotopic (exact) mass is 322 g/mol. The van der Waals surface area contributed by atoms with Crippen molar-refractivity contribution in [1.82, 2.24) is 0 Å². The molecule has 0 saturated carbocycles. The second-order valence-corrected chi connectivity index (χ2v) is 10.2. The highest BCUT2D eigenvalue weighted by molar-refractivity contribution is 7.23. The van der Waals surface area contributed by atoms with Gasteiger partial charge in [0, 0.05) is 19.8 Å². The summed E-state index contributed by atoms with van der Waals surface area (Å²) in [4.78, 5) is 0. The van der Waals surface area contributed by atoms with Gasteiger partial charge in [-0.05, 0) is 20.3 Å². The van der Waals surface area contributed by atoms with E-state index < -0.39 is 16.5 Å². The van der Waals surface area contributed by atoms with E-state index in [1.165, 1.54) is 14.2 Å². The van der Waals surface area contributed by atoms with Gasteiger partial charge in [-0.25, -0.2) is 0 Å². The van der Waals surface area contributed by atoms with Gasteiger partial charge < -0.3 is 27.2 Å². The second kappa shape index (κ2) is 11.0. The van der Waals surface area contributed by atoms with Gasteiger partial charge in [0.25, 0.3) is 5.54 Å². The molecule has 0 spiro atoms. The van der Waals surface area contributed by atoms with E-state index in [2.05, 4.69) is 6.58 Å². The van der Waals surface area contributed by atoms with Gasteiger partial charge in [-0.2, -0.15) is 0 Å². The van der Waals surface area contributed by atoms with Crippen LogP contribution >= 0.6 is 0 Å². The van der Waals surface area contributed by atoms with E-state index in [1.807, 2.05) is 13.8 Å². The van der Waals surface area contributed by atoms with Crippen LogP contribution in [0.25, 0.3) is 0 Å². The van der Waals surface area contributed by atoms with E-state index in [0.717, 1.165) is 0 Å². The van der Waals surface area contributed by atoms with Crippen LogP contribution in [0.15, 0.2) is 12.7 Å². The summed E-state index contributed by atoms with van der Waals surface area (Å²) in [7, 11) is -0.191. The van der Waals surface area contributed by atoms with Crippen LogP contribution in [-0.2, 0) is 27.2 Å². The van der Waals surface area contributed by atoms with Crippen molar-refractivity contribution in [3.63, 3.8) is 0 Å². The molecule has 0 saturated heterocycles. The Bertz CT molecular complexity index is 296. The summed E-state index contributed by atoms with van der Waals surface area (Å²) in [5.74, 6) is 0. The lowest BCUT2D eigenvalue weighted by Gasteiger charge is -2.29. The molecule has 0 aromatic carbocycles. The molecule has 0 aromatic heterocycles. The predicted molar refractivity (Wildman–Crippen MR) is 81.6 cm³/mol. The van der Waals surface area contributed by atoms with Gasteiger partial charge in [0.05, 0.1) is 21.3 Å². The van der Waals surface area contributed by atoms with E-state index in [4.69, 9.17) is 27.2 Å². The number of hydrogen-bond acceptors (Lipinski definition) is 6. The summed E-state index contributed by atoms with van der Waals surface area (Å²) in [6.45, 7) is 8.88. The molecule has 0 amide bonds. The molecular formula is C12H26O6Si2. The lowest BCUT2D eigenvalue weighted by molar-refractivity contribution is 0.0844. The van der Waals surface area contributed by atoms with Crippen molar-refractivity contribution in [2.24, 2.45) is 0 Å². The summed E-state index contributed by atoms with van der Waals surface area (Å²) >= 11 is 0. The Balaban J connectivity index is 5.50. The summed E-state index contributed by atoms with van der Waals surface area (Å²) in [6.07, 6.45) is 2.50. The third kappa shape index (κ3) is 5.37. The molecule has 0 aliphatic carbocycles. The maximum absolute atomic E-state index is 5.95. The maximum Gasteiger partial charge on any atom is 0.548 e. The molecule has 0 aromatic rings. The number of hydrogen-bond donors (Lipinski definition) is 0. The second-order valence-electron chi connectivity index (χ2n) is 3.58. The quantitative estimate of drug-likeness (QED) is 0.306.